The van der Waals surface area contributed by atoms with Gasteiger partial charge in [-0.15, -0.1) is 0 Å². The van der Waals surface area contributed by atoms with E-state index in [1.54, 1.807) is 30.3 Å². The van der Waals surface area contributed by atoms with Crippen LogP contribution in [-0.4, -0.2) is 8.42 Å². The normalized spacial score (nSPS) is 13.2. The van der Waals surface area contributed by atoms with Gasteiger partial charge in [-0.2, -0.15) is 0 Å². The molecule has 0 unspecified atom stereocenters. The molecule has 0 fully saturated rings. The van der Waals surface area contributed by atoms with Crippen molar-refractivity contribution >= 4 is 26.0 Å². The van der Waals surface area contributed by atoms with E-state index in [2.05, 4.69) is 20.7 Å². The SMILES string of the molecule is C[C@@H](NS(=O)(=O)c1ccccc1)c1ccccc1Br. The maximum absolute atomic E-state index is 12.2. The molecule has 2 aromatic rings. The predicted molar refractivity (Wildman–Crippen MR) is 79.3 cm³/mol. The van der Waals surface area contributed by atoms with E-state index in [-0.39, 0.29) is 10.9 Å². The Labute approximate surface area is 121 Å². The highest BCUT2D eigenvalue weighted by atomic mass is 79.9. The Morgan fingerprint density at radius 2 is 1.58 bits per heavy atom. The molecule has 2 aromatic carbocycles. The maximum Gasteiger partial charge on any atom is 0.241 e. The van der Waals surface area contributed by atoms with Crippen molar-refractivity contribution in [2.75, 3.05) is 0 Å². The Balaban J connectivity index is 2.24. The second kappa shape index (κ2) is 5.86. The minimum absolute atomic E-state index is 0.272. The van der Waals surface area contributed by atoms with Gasteiger partial charge in [0, 0.05) is 10.5 Å². The van der Waals surface area contributed by atoms with E-state index >= 15 is 0 Å². The Kier molecular flexibility index (Phi) is 4.39. The van der Waals surface area contributed by atoms with Gasteiger partial charge in [0.25, 0.3) is 0 Å². The van der Waals surface area contributed by atoms with Gasteiger partial charge in [-0.05, 0) is 30.7 Å². The fourth-order valence-corrected chi connectivity index (χ4v) is 3.66. The van der Waals surface area contributed by atoms with E-state index in [4.69, 9.17) is 0 Å². The van der Waals surface area contributed by atoms with Crippen LogP contribution in [0, 0.1) is 0 Å². The molecule has 0 radical (unpaired) electrons. The van der Waals surface area contributed by atoms with Crippen molar-refractivity contribution in [2.24, 2.45) is 0 Å². The number of hydrogen-bond acceptors (Lipinski definition) is 2. The van der Waals surface area contributed by atoms with Crippen molar-refractivity contribution in [2.45, 2.75) is 17.9 Å². The summed E-state index contributed by atoms with van der Waals surface area (Å²) in [5.74, 6) is 0. The van der Waals surface area contributed by atoms with E-state index in [1.807, 2.05) is 31.2 Å². The lowest BCUT2D eigenvalue weighted by Crippen LogP contribution is -2.27. The van der Waals surface area contributed by atoms with E-state index < -0.39 is 10.0 Å². The molecule has 0 spiro atoms. The minimum atomic E-state index is -3.50. The summed E-state index contributed by atoms with van der Waals surface area (Å²) in [5, 5.41) is 0. The molecule has 0 amide bonds. The number of nitrogens with one attached hydrogen (secondary N) is 1. The largest absolute Gasteiger partial charge is 0.241 e. The molecule has 0 bridgehead atoms. The molecule has 19 heavy (non-hydrogen) atoms. The molecule has 1 N–H and O–H groups in total. The van der Waals surface area contributed by atoms with Crippen molar-refractivity contribution in [3.8, 4) is 0 Å². The summed E-state index contributed by atoms with van der Waals surface area (Å²) in [7, 11) is -3.50. The van der Waals surface area contributed by atoms with Crippen LogP contribution < -0.4 is 4.72 Å². The molecule has 0 aliphatic rings. The average molecular weight is 340 g/mol. The van der Waals surface area contributed by atoms with Gasteiger partial charge < -0.3 is 0 Å². The Bertz CT molecular complexity index is 656. The van der Waals surface area contributed by atoms with Crippen molar-refractivity contribution in [3.63, 3.8) is 0 Å². The lowest BCUT2D eigenvalue weighted by molar-refractivity contribution is 0.566. The van der Waals surface area contributed by atoms with Crippen LogP contribution in [0.4, 0.5) is 0 Å². The van der Waals surface area contributed by atoms with Gasteiger partial charge in [0.15, 0.2) is 0 Å². The summed E-state index contributed by atoms with van der Waals surface area (Å²) >= 11 is 3.43. The van der Waals surface area contributed by atoms with Crippen LogP contribution in [0.3, 0.4) is 0 Å². The molecule has 0 aromatic heterocycles. The van der Waals surface area contributed by atoms with Crippen LogP contribution in [0.25, 0.3) is 0 Å². The van der Waals surface area contributed by atoms with E-state index in [0.717, 1.165) is 10.0 Å². The number of rotatable bonds is 4. The summed E-state index contributed by atoms with van der Waals surface area (Å²) in [5.41, 5.74) is 0.905. The predicted octanol–water partition coefficient (Wildman–Crippen LogP) is 3.49. The second-order valence-electron chi connectivity index (χ2n) is 4.18. The maximum atomic E-state index is 12.2. The molecule has 0 saturated heterocycles. The Hall–Kier alpha value is -1.17. The molecular weight excluding hydrogens is 326 g/mol. The third kappa shape index (κ3) is 3.43. The van der Waals surface area contributed by atoms with Crippen LogP contribution in [-0.2, 0) is 10.0 Å². The highest BCUT2D eigenvalue weighted by Crippen LogP contribution is 2.24. The summed E-state index contributed by atoms with van der Waals surface area (Å²) in [6.07, 6.45) is 0. The smallest absolute Gasteiger partial charge is 0.207 e. The number of hydrogen-bond donors (Lipinski definition) is 1. The first-order valence-electron chi connectivity index (χ1n) is 5.82. The van der Waals surface area contributed by atoms with Gasteiger partial charge in [0.05, 0.1) is 4.90 Å². The molecule has 100 valence electrons. The number of benzene rings is 2. The van der Waals surface area contributed by atoms with Gasteiger partial charge in [-0.3, -0.25) is 0 Å². The van der Waals surface area contributed by atoms with Crippen LogP contribution in [0.15, 0.2) is 64.0 Å². The monoisotopic (exact) mass is 339 g/mol. The topological polar surface area (TPSA) is 46.2 Å². The first-order chi connectivity index (χ1) is 9.00. The summed E-state index contributed by atoms with van der Waals surface area (Å²) in [6, 6.07) is 15.6. The van der Waals surface area contributed by atoms with Gasteiger partial charge >= 0.3 is 0 Å². The molecule has 0 saturated carbocycles. The zero-order valence-corrected chi connectivity index (χ0v) is 12.8. The number of sulfonamides is 1. The standard InChI is InChI=1S/C14H14BrNO2S/c1-11(13-9-5-6-10-14(13)15)16-19(17,18)12-7-3-2-4-8-12/h2-11,16H,1H3/t11-/m1/s1. The van der Waals surface area contributed by atoms with Crippen molar-refractivity contribution in [1.82, 2.24) is 4.72 Å². The van der Waals surface area contributed by atoms with Crippen molar-refractivity contribution < 1.29 is 8.42 Å². The van der Waals surface area contributed by atoms with Crippen LogP contribution in [0.1, 0.15) is 18.5 Å². The summed E-state index contributed by atoms with van der Waals surface area (Å²) in [4.78, 5) is 0.272. The van der Waals surface area contributed by atoms with E-state index in [9.17, 15) is 8.42 Å². The van der Waals surface area contributed by atoms with E-state index in [1.165, 1.54) is 0 Å². The van der Waals surface area contributed by atoms with Gasteiger partial charge in [0.1, 0.15) is 0 Å². The quantitative estimate of drug-likeness (QED) is 0.926. The molecule has 1 atom stereocenters. The van der Waals surface area contributed by atoms with Crippen molar-refractivity contribution in [3.05, 3.63) is 64.6 Å². The number of halogens is 1. The zero-order valence-electron chi connectivity index (χ0n) is 10.4. The molecule has 3 nitrogen and oxygen atoms in total. The summed E-state index contributed by atoms with van der Waals surface area (Å²) < 4.78 is 28.0. The lowest BCUT2D eigenvalue weighted by Gasteiger charge is -2.16. The first kappa shape index (κ1) is 14.2. The van der Waals surface area contributed by atoms with Gasteiger partial charge in [0.2, 0.25) is 10.0 Å². The third-order valence-corrected chi connectivity index (χ3v) is 5.04. The molecular formula is C14H14BrNO2S. The highest BCUT2D eigenvalue weighted by molar-refractivity contribution is 9.10. The lowest BCUT2D eigenvalue weighted by atomic mass is 10.1. The van der Waals surface area contributed by atoms with Gasteiger partial charge in [-0.25, -0.2) is 13.1 Å². The fourth-order valence-electron chi connectivity index (χ4n) is 1.79. The second-order valence-corrected chi connectivity index (χ2v) is 6.75. The Morgan fingerprint density at radius 3 is 2.21 bits per heavy atom. The molecule has 0 aliphatic carbocycles. The molecule has 0 aliphatic heterocycles. The van der Waals surface area contributed by atoms with Crippen LogP contribution in [0.2, 0.25) is 0 Å². The zero-order chi connectivity index (χ0) is 13.9. The average Bonchev–Trinajstić information content (AvgIpc) is 2.39. The van der Waals surface area contributed by atoms with Crippen molar-refractivity contribution in [1.29, 1.82) is 0 Å². The van der Waals surface area contributed by atoms with Crippen LogP contribution in [0.5, 0.6) is 0 Å². The minimum Gasteiger partial charge on any atom is -0.207 e. The van der Waals surface area contributed by atoms with E-state index in [0.29, 0.717) is 0 Å². The summed E-state index contributed by atoms with van der Waals surface area (Å²) in [6.45, 7) is 1.82. The molecule has 2 rings (SSSR count). The third-order valence-electron chi connectivity index (χ3n) is 2.76. The Morgan fingerprint density at radius 1 is 1.00 bits per heavy atom. The van der Waals surface area contributed by atoms with Crippen LogP contribution >= 0.6 is 15.9 Å². The fraction of sp³-hybridized carbons (Fsp3) is 0.143. The highest BCUT2D eigenvalue weighted by Gasteiger charge is 2.18. The molecule has 5 heteroatoms. The molecule has 0 heterocycles. The van der Waals surface area contributed by atoms with Gasteiger partial charge in [-0.1, -0.05) is 52.3 Å². The first-order valence-corrected chi connectivity index (χ1v) is 8.10.